The summed E-state index contributed by atoms with van der Waals surface area (Å²) >= 11 is 7.05. The Labute approximate surface area is 164 Å². The van der Waals surface area contributed by atoms with Gasteiger partial charge in [-0.25, -0.2) is 0 Å². The normalized spacial score (nSPS) is 18.9. The monoisotopic (exact) mass is 403 g/mol. The number of nitrogens with one attached hydrogen (secondary N) is 1. The molecule has 2 amide bonds. The Hall–Kier alpha value is -2.64. The molecule has 0 fully saturated rings. The third-order valence-corrected chi connectivity index (χ3v) is 5.65. The zero-order valence-corrected chi connectivity index (χ0v) is 15.7. The number of rotatable bonds is 5. The van der Waals surface area contributed by atoms with Gasteiger partial charge in [-0.3, -0.25) is 9.59 Å². The number of aliphatic carboxylic acids is 1. The van der Waals surface area contributed by atoms with Crippen LogP contribution in [0.4, 0.5) is 5.00 Å². The quantitative estimate of drug-likeness (QED) is 0.746. The number of anilines is 1. The highest BCUT2D eigenvalue weighted by molar-refractivity contribution is 7.15. The molecule has 0 spiro atoms. The van der Waals surface area contributed by atoms with Crippen LogP contribution in [-0.2, 0) is 9.59 Å². The van der Waals surface area contributed by atoms with E-state index in [1.165, 1.54) is 0 Å². The lowest BCUT2D eigenvalue weighted by molar-refractivity contribution is -0.313. The Morgan fingerprint density at radius 1 is 1.11 bits per heavy atom. The SMILES string of the molecule is NC(=O)c1c(-c2ccc(Cl)cc2)csc1NC(=O)C1CC=CCC1C(=O)[O-]. The highest BCUT2D eigenvalue weighted by Gasteiger charge is 2.31. The fraction of sp³-hybridized carbons (Fsp3) is 0.211. The molecule has 0 saturated carbocycles. The molecule has 1 heterocycles. The molecule has 1 aliphatic carbocycles. The van der Waals surface area contributed by atoms with Gasteiger partial charge >= 0.3 is 0 Å². The Balaban J connectivity index is 1.90. The van der Waals surface area contributed by atoms with Gasteiger partial charge in [-0.15, -0.1) is 11.3 Å². The summed E-state index contributed by atoms with van der Waals surface area (Å²) in [6.07, 6.45) is 4.03. The zero-order chi connectivity index (χ0) is 19.6. The highest BCUT2D eigenvalue weighted by atomic mass is 35.5. The molecule has 2 aromatic rings. The van der Waals surface area contributed by atoms with Gasteiger partial charge in [0.25, 0.3) is 5.91 Å². The number of carboxylic acid groups (broad SMARTS) is 1. The molecule has 1 aliphatic rings. The van der Waals surface area contributed by atoms with Gasteiger partial charge in [0.2, 0.25) is 5.91 Å². The number of hydrogen-bond donors (Lipinski definition) is 2. The van der Waals surface area contributed by atoms with E-state index >= 15 is 0 Å². The first-order chi connectivity index (χ1) is 12.9. The summed E-state index contributed by atoms with van der Waals surface area (Å²) in [6, 6.07) is 6.88. The van der Waals surface area contributed by atoms with E-state index in [0.717, 1.165) is 16.9 Å². The maximum atomic E-state index is 12.6. The molecule has 6 nitrogen and oxygen atoms in total. The average Bonchev–Trinajstić information content (AvgIpc) is 3.06. The Kier molecular flexibility index (Phi) is 5.62. The number of hydrogen-bond acceptors (Lipinski definition) is 5. The maximum absolute atomic E-state index is 12.6. The molecule has 2 unspecified atom stereocenters. The van der Waals surface area contributed by atoms with Crippen molar-refractivity contribution in [3.05, 3.63) is 52.4 Å². The van der Waals surface area contributed by atoms with Crippen molar-refractivity contribution in [1.29, 1.82) is 0 Å². The van der Waals surface area contributed by atoms with Crippen molar-refractivity contribution in [2.45, 2.75) is 12.8 Å². The first-order valence-corrected chi connectivity index (χ1v) is 9.48. The van der Waals surface area contributed by atoms with Crippen molar-refractivity contribution in [2.75, 3.05) is 5.32 Å². The molecule has 3 rings (SSSR count). The number of primary amides is 1. The Morgan fingerprint density at radius 3 is 2.33 bits per heavy atom. The predicted octanol–water partition coefficient (Wildman–Crippen LogP) is 2.44. The minimum Gasteiger partial charge on any atom is -0.550 e. The number of benzene rings is 1. The standard InChI is InChI=1S/C19H17ClN2O4S/c20-11-7-5-10(6-8-11)14-9-27-18(15(14)16(21)23)22-17(24)12-3-1-2-4-13(12)19(25)26/h1-2,5-9,12-13H,3-4H2,(H2,21,23)(H,22,24)(H,25,26)/p-1. The molecular formula is C19H16ClN2O4S-. The van der Waals surface area contributed by atoms with Gasteiger partial charge in [0.1, 0.15) is 5.00 Å². The summed E-state index contributed by atoms with van der Waals surface area (Å²) in [5.41, 5.74) is 7.04. The summed E-state index contributed by atoms with van der Waals surface area (Å²) in [4.78, 5) is 36.0. The number of carboxylic acids is 1. The number of amides is 2. The van der Waals surface area contributed by atoms with Crippen LogP contribution in [0.1, 0.15) is 23.2 Å². The molecule has 0 saturated heterocycles. The Morgan fingerprint density at radius 2 is 1.74 bits per heavy atom. The molecule has 3 N–H and O–H groups in total. The predicted molar refractivity (Wildman–Crippen MR) is 102 cm³/mol. The molecule has 8 heteroatoms. The molecular weight excluding hydrogens is 388 g/mol. The van der Waals surface area contributed by atoms with Crippen LogP contribution in [0, 0.1) is 11.8 Å². The molecule has 0 bridgehead atoms. The lowest BCUT2D eigenvalue weighted by atomic mass is 9.82. The molecule has 1 aromatic heterocycles. The van der Waals surface area contributed by atoms with E-state index in [9.17, 15) is 19.5 Å². The number of nitrogens with two attached hydrogens (primary N) is 1. The van der Waals surface area contributed by atoms with Crippen LogP contribution in [0.15, 0.2) is 41.8 Å². The van der Waals surface area contributed by atoms with Crippen LogP contribution in [-0.4, -0.2) is 17.8 Å². The number of halogens is 1. The molecule has 0 aliphatic heterocycles. The fourth-order valence-electron chi connectivity index (χ4n) is 3.11. The van der Waals surface area contributed by atoms with Gasteiger partial charge in [-0.2, -0.15) is 0 Å². The summed E-state index contributed by atoms with van der Waals surface area (Å²) < 4.78 is 0. The van der Waals surface area contributed by atoms with Crippen molar-refractivity contribution in [3.8, 4) is 11.1 Å². The third-order valence-electron chi connectivity index (χ3n) is 4.50. The van der Waals surface area contributed by atoms with Gasteiger partial charge in [0.15, 0.2) is 0 Å². The van der Waals surface area contributed by atoms with Crippen LogP contribution in [0.3, 0.4) is 0 Å². The molecule has 0 radical (unpaired) electrons. The van der Waals surface area contributed by atoms with E-state index in [1.807, 2.05) is 0 Å². The van der Waals surface area contributed by atoms with Crippen LogP contribution in [0.2, 0.25) is 5.02 Å². The second kappa shape index (κ2) is 7.94. The van der Waals surface area contributed by atoms with Crippen LogP contribution < -0.4 is 16.2 Å². The topological polar surface area (TPSA) is 112 Å². The van der Waals surface area contributed by atoms with E-state index in [4.69, 9.17) is 17.3 Å². The van der Waals surface area contributed by atoms with E-state index in [-0.39, 0.29) is 12.0 Å². The van der Waals surface area contributed by atoms with Gasteiger partial charge < -0.3 is 21.0 Å². The number of carbonyl (C=O) groups is 3. The van der Waals surface area contributed by atoms with Crippen molar-refractivity contribution < 1.29 is 19.5 Å². The van der Waals surface area contributed by atoms with Crippen LogP contribution >= 0.6 is 22.9 Å². The number of thiophene rings is 1. The first-order valence-electron chi connectivity index (χ1n) is 8.22. The minimum atomic E-state index is -1.26. The minimum absolute atomic E-state index is 0.187. The second-order valence-electron chi connectivity index (χ2n) is 6.19. The summed E-state index contributed by atoms with van der Waals surface area (Å²) in [6.45, 7) is 0. The van der Waals surface area contributed by atoms with E-state index < -0.39 is 29.6 Å². The van der Waals surface area contributed by atoms with Gasteiger partial charge in [-0.05, 0) is 30.5 Å². The van der Waals surface area contributed by atoms with Gasteiger partial charge in [0.05, 0.1) is 11.5 Å². The molecule has 140 valence electrons. The summed E-state index contributed by atoms with van der Waals surface area (Å²) in [5, 5.41) is 16.6. The molecule has 1 aromatic carbocycles. The first kappa shape index (κ1) is 19.1. The van der Waals surface area contributed by atoms with E-state index in [2.05, 4.69) is 5.32 Å². The number of allylic oxidation sites excluding steroid dienone is 2. The van der Waals surface area contributed by atoms with Crippen molar-refractivity contribution in [3.63, 3.8) is 0 Å². The van der Waals surface area contributed by atoms with Crippen molar-refractivity contribution in [1.82, 2.24) is 0 Å². The maximum Gasteiger partial charge on any atom is 0.252 e. The second-order valence-corrected chi connectivity index (χ2v) is 7.50. The van der Waals surface area contributed by atoms with Crippen molar-refractivity contribution >= 4 is 45.7 Å². The Bertz CT molecular complexity index is 920. The lowest BCUT2D eigenvalue weighted by Crippen LogP contribution is -2.41. The zero-order valence-electron chi connectivity index (χ0n) is 14.1. The smallest absolute Gasteiger partial charge is 0.252 e. The van der Waals surface area contributed by atoms with Gasteiger partial charge in [-0.1, -0.05) is 35.9 Å². The average molecular weight is 404 g/mol. The lowest BCUT2D eigenvalue weighted by Gasteiger charge is -2.28. The summed E-state index contributed by atoms with van der Waals surface area (Å²) in [5.74, 6) is -4.08. The number of carbonyl (C=O) groups excluding carboxylic acids is 3. The largest absolute Gasteiger partial charge is 0.550 e. The van der Waals surface area contributed by atoms with Gasteiger partial charge in [0, 0.05) is 27.9 Å². The van der Waals surface area contributed by atoms with E-state index in [1.54, 1.807) is 41.8 Å². The third kappa shape index (κ3) is 4.04. The van der Waals surface area contributed by atoms with E-state index in [0.29, 0.717) is 22.0 Å². The summed E-state index contributed by atoms with van der Waals surface area (Å²) in [7, 11) is 0. The molecule has 2 atom stereocenters. The fourth-order valence-corrected chi connectivity index (χ4v) is 4.21. The van der Waals surface area contributed by atoms with Crippen molar-refractivity contribution in [2.24, 2.45) is 17.6 Å². The highest BCUT2D eigenvalue weighted by Crippen LogP contribution is 2.37. The molecule has 27 heavy (non-hydrogen) atoms. The van der Waals surface area contributed by atoms with Crippen LogP contribution in [0.25, 0.3) is 11.1 Å². The van der Waals surface area contributed by atoms with Crippen LogP contribution in [0.5, 0.6) is 0 Å².